The normalized spacial score (nSPS) is 11.2. The number of anilines is 2. The first kappa shape index (κ1) is 25.3. The molecule has 1 heterocycles. The van der Waals surface area contributed by atoms with Gasteiger partial charge in [-0.25, -0.2) is 4.68 Å². The molecule has 0 spiro atoms. The zero-order valence-corrected chi connectivity index (χ0v) is 19.8. The van der Waals surface area contributed by atoms with E-state index in [4.69, 9.17) is 23.2 Å². The van der Waals surface area contributed by atoms with Crippen molar-refractivity contribution in [2.75, 3.05) is 10.6 Å². The molecule has 11 heteroatoms. The molecule has 0 unspecified atom stereocenters. The fraction of sp³-hybridized carbons (Fsp3) is 0.0800. The van der Waals surface area contributed by atoms with Gasteiger partial charge in [0.05, 0.1) is 22.5 Å². The van der Waals surface area contributed by atoms with Crippen LogP contribution in [0.2, 0.25) is 5.02 Å². The second-order valence-corrected chi connectivity index (χ2v) is 8.33. The minimum absolute atomic E-state index is 0.0676. The molecule has 184 valence electrons. The highest BCUT2D eigenvalue weighted by atomic mass is 35.5. The number of aromatic nitrogens is 2. The smallest absolute Gasteiger partial charge is 0.321 e. The van der Waals surface area contributed by atoms with E-state index < -0.39 is 23.6 Å². The number of nitrogens with zero attached hydrogens (tertiary/aromatic N) is 2. The molecule has 3 aromatic carbocycles. The van der Waals surface area contributed by atoms with Crippen LogP contribution in [0.3, 0.4) is 0 Å². The summed E-state index contributed by atoms with van der Waals surface area (Å²) in [6, 6.07) is 17.2. The quantitative estimate of drug-likeness (QED) is 0.268. The fourth-order valence-electron chi connectivity index (χ4n) is 3.35. The van der Waals surface area contributed by atoms with E-state index in [9.17, 15) is 22.8 Å². The average Bonchev–Trinajstić information content (AvgIpc) is 3.33. The predicted molar refractivity (Wildman–Crippen MR) is 132 cm³/mol. The third-order valence-electron chi connectivity index (χ3n) is 5.09. The van der Waals surface area contributed by atoms with Crippen LogP contribution >= 0.6 is 23.2 Å². The van der Waals surface area contributed by atoms with Gasteiger partial charge in [0.15, 0.2) is 5.82 Å². The summed E-state index contributed by atoms with van der Waals surface area (Å²) >= 11 is 11.9. The maximum absolute atomic E-state index is 13.0. The van der Waals surface area contributed by atoms with Crippen LogP contribution in [-0.4, -0.2) is 21.6 Å². The lowest BCUT2D eigenvalue weighted by molar-refractivity contribution is -0.137. The van der Waals surface area contributed by atoms with Gasteiger partial charge in [0.1, 0.15) is 0 Å². The van der Waals surface area contributed by atoms with Crippen LogP contribution in [0.5, 0.6) is 0 Å². The number of nitrogens with one attached hydrogen (secondary N) is 2. The van der Waals surface area contributed by atoms with Gasteiger partial charge in [-0.1, -0.05) is 29.8 Å². The van der Waals surface area contributed by atoms with Crippen molar-refractivity contribution in [1.82, 2.24) is 9.78 Å². The van der Waals surface area contributed by atoms with Crippen molar-refractivity contribution in [3.8, 4) is 5.69 Å². The summed E-state index contributed by atoms with van der Waals surface area (Å²) in [6.45, 7) is 0. The van der Waals surface area contributed by atoms with Crippen LogP contribution in [0.1, 0.15) is 31.8 Å². The molecule has 0 aliphatic heterocycles. The molecule has 2 amide bonds. The molecule has 0 saturated heterocycles. The van der Waals surface area contributed by atoms with E-state index in [2.05, 4.69) is 15.7 Å². The molecule has 6 nitrogen and oxygen atoms in total. The van der Waals surface area contributed by atoms with E-state index in [1.165, 1.54) is 47.3 Å². The van der Waals surface area contributed by atoms with Crippen molar-refractivity contribution in [3.05, 3.63) is 106 Å². The van der Waals surface area contributed by atoms with Gasteiger partial charge in [-0.2, -0.15) is 18.3 Å². The highest BCUT2D eigenvalue weighted by molar-refractivity contribution is 6.31. The Labute approximate surface area is 213 Å². The summed E-state index contributed by atoms with van der Waals surface area (Å²) < 4.78 is 40.3. The van der Waals surface area contributed by atoms with Crippen molar-refractivity contribution >= 4 is 46.5 Å². The van der Waals surface area contributed by atoms with Gasteiger partial charge in [-0.3, -0.25) is 9.59 Å². The number of amides is 2. The van der Waals surface area contributed by atoms with E-state index in [0.29, 0.717) is 5.56 Å². The summed E-state index contributed by atoms with van der Waals surface area (Å²) in [5.74, 6) is -0.753. The van der Waals surface area contributed by atoms with Crippen LogP contribution in [-0.2, 0) is 12.1 Å². The van der Waals surface area contributed by atoms with Crippen molar-refractivity contribution in [2.24, 2.45) is 0 Å². The molecule has 0 radical (unpaired) electrons. The van der Waals surface area contributed by atoms with Crippen molar-refractivity contribution in [1.29, 1.82) is 0 Å². The summed E-state index contributed by atoms with van der Waals surface area (Å²) in [7, 11) is 0. The van der Waals surface area contributed by atoms with Crippen molar-refractivity contribution < 1.29 is 22.8 Å². The Kier molecular flexibility index (Phi) is 7.32. The Morgan fingerprint density at radius 1 is 0.917 bits per heavy atom. The van der Waals surface area contributed by atoms with E-state index in [1.54, 1.807) is 24.3 Å². The van der Waals surface area contributed by atoms with Crippen LogP contribution in [0, 0.1) is 0 Å². The molecule has 36 heavy (non-hydrogen) atoms. The first-order chi connectivity index (χ1) is 17.1. The van der Waals surface area contributed by atoms with Crippen LogP contribution in [0.15, 0.2) is 79.0 Å². The lowest BCUT2D eigenvalue weighted by Crippen LogP contribution is -2.18. The maximum Gasteiger partial charge on any atom is 0.416 e. The topological polar surface area (TPSA) is 76.0 Å². The number of alkyl halides is 4. The first-order valence-corrected chi connectivity index (χ1v) is 11.4. The number of carbonyl (C=O) groups excluding carboxylic acids is 2. The molecule has 0 aliphatic carbocycles. The summed E-state index contributed by atoms with van der Waals surface area (Å²) in [5, 5.41) is 9.66. The molecular formula is C25H17Cl2F3N4O2. The van der Waals surface area contributed by atoms with Crippen molar-refractivity contribution in [3.63, 3.8) is 0 Å². The summed E-state index contributed by atoms with van der Waals surface area (Å²) in [4.78, 5) is 25.7. The monoisotopic (exact) mass is 532 g/mol. The van der Waals surface area contributed by atoms with Gasteiger partial charge in [0.2, 0.25) is 0 Å². The van der Waals surface area contributed by atoms with Crippen LogP contribution in [0.4, 0.5) is 24.7 Å². The molecule has 0 bridgehead atoms. The standard InChI is InChI=1S/C25H17Cl2F3N4O2/c26-14-15-3-1-4-16(11-15)23(35)31-21-8-7-18(27)13-20(21)24(36)32-22-9-10-34(33-22)19-6-2-5-17(12-19)25(28,29)30/h1-13H,14H2,(H,31,35)(H,32,33,36). The van der Waals surface area contributed by atoms with Gasteiger partial charge in [-0.15, -0.1) is 11.6 Å². The van der Waals surface area contributed by atoms with E-state index in [1.807, 2.05) is 0 Å². The zero-order chi connectivity index (χ0) is 25.9. The fourth-order valence-corrected chi connectivity index (χ4v) is 3.68. The first-order valence-electron chi connectivity index (χ1n) is 10.4. The lowest BCUT2D eigenvalue weighted by atomic mass is 10.1. The minimum Gasteiger partial charge on any atom is -0.321 e. The molecule has 0 atom stereocenters. The minimum atomic E-state index is -4.50. The van der Waals surface area contributed by atoms with Gasteiger partial charge < -0.3 is 10.6 Å². The molecule has 1 aromatic heterocycles. The molecule has 4 rings (SSSR count). The highest BCUT2D eigenvalue weighted by Gasteiger charge is 2.30. The molecule has 2 N–H and O–H groups in total. The Hall–Kier alpha value is -3.82. The molecule has 4 aromatic rings. The Morgan fingerprint density at radius 3 is 2.44 bits per heavy atom. The zero-order valence-electron chi connectivity index (χ0n) is 18.3. The number of rotatable bonds is 6. The molecule has 0 aliphatic rings. The third-order valence-corrected chi connectivity index (χ3v) is 5.63. The van der Waals surface area contributed by atoms with Crippen LogP contribution in [0.25, 0.3) is 5.69 Å². The number of hydrogen-bond acceptors (Lipinski definition) is 3. The number of hydrogen-bond donors (Lipinski definition) is 2. The Bertz CT molecular complexity index is 1440. The lowest BCUT2D eigenvalue weighted by Gasteiger charge is -2.12. The van der Waals surface area contributed by atoms with Crippen LogP contribution < -0.4 is 10.6 Å². The van der Waals surface area contributed by atoms with E-state index >= 15 is 0 Å². The van der Waals surface area contributed by atoms with E-state index in [0.717, 1.165) is 17.7 Å². The Morgan fingerprint density at radius 2 is 1.69 bits per heavy atom. The molecule has 0 fully saturated rings. The van der Waals surface area contributed by atoms with E-state index in [-0.39, 0.29) is 33.7 Å². The largest absolute Gasteiger partial charge is 0.416 e. The van der Waals surface area contributed by atoms with Gasteiger partial charge >= 0.3 is 6.18 Å². The SMILES string of the molecule is O=C(Nc1ccc(Cl)cc1C(=O)Nc1ccn(-c2cccc(C(F)(F)F)c2)n1)c1cccc(CCl)c1. The Balaban J connectivity index is 1.54. The summed E-state index contributed by atoms with van der Waals surface area (Å²) in [5.41, 5.74) is 0.731. The highest BCUT2D eigenvalue weighted by Crippen LogP contribution is 2.30. The number of carbonyl (C=O) groups is 2. The third kappa shape index (κ3) is 5.87. The summed E-state index contributed by atoms with van der Waals surface area (Å²) in [6.07, 6.45) is -3.09. The second-order valence-electron chi connectivity index (χ2n) is 7.63. The van der Waals surface area contributed by atoms with Gasteiger partial charge in [-0.05, 0) is 54.1 Å². The van der Waals surface area contributed by atoms with Gasteiger partial charge in [0.25, 0.3) is 11.8 Å². The average molecular weight is 533 g/mol. The number of benzene rings is 3. The van der Waals surface area contributed by atoms with Crippen molar-refractivity contribution in [2.45, 2.75) is 12.1 Å². The molecular weight excluding hydrogens is 516 g/mol. The maximum atomic E-state index is 13.0. The second kappa shape index (κ2) is 10.4. The van der Waals surface area contributed by atoms with Gasteiger partial charge in [0, 0.05) is 28.7 Å². The number of halogens is 5. The molecule has 0 saturated carbocycles. The predicted octanol–water partition coefficient (Wildman–Crippen LogP) is 6.79.